The fraction of sp³-hybridized carbons (Fsp3) is 0.176. The zero-order valence-electron chi connectivity index (χ0n) is 12.8. The van der Waals surface area contributed by atoms with E-state index in [0.29, 0.717) is 10.1 Å². The fourth-order valence-corrected chi connectivity index (χ4v) is 3.10. The van der Waals surface area contributed by atoms with Crippen LogP contribution in [0.2, 0.25) is 0 Å². The number of carbonyl (C=O) groups excluding carboxylic acids is 1. The molecule has 3 rings (SSSR count). The third-order valence-corrected chi connectivity index (χ3v) is 4.65. The Labute approximate surface area is 133 Å². The number of hydrogen-bond donors (Lipinski definition) is 1. The van der Waals surface area contributed by atoms with Gasteiger partial charge in [0.2, 0.25) is 0 Å². The van der Waals surface area contributed by atoms with Gasteiger partial charge in [0.25, 0.3) is 5.91 Å². The average Bonchev–Trinajstić information content (AvgIpc) is 2.96. The molecule has 1 aliphatic rings. The molecule has 1 saturated heterocycles. The van der Waals surface area contributed by atoms with Gasteiger partial charge in [0.15, 0.2) is 5.17 Å². The van der Waals surface area contributed by atoms with E-state index < -0.39 is 0 Å². The van der Waals surface area contributed by atoms with Crippen LogP contribution in [0, 0.1) is 13.8 Å². The van der Waals surface area contributed by atoms with Crippen LogP contribution >= 0.6 is 11.8 Å². The molecule has 0 atom stereocenters. The summed E-state index contributed by atoms with van der Waals surface area (Å²) in [4.78, 5) is 17.2. The number of thioether (sulfide) groups is 1. The summed E-state index contributed by atoms with van der Waals surface area (Å²) in [5, 5.41) is 3.43. The van der Waals surface area contributed by atoms with Gasteiger partial charge in [-0.1, -0.05) is 18.2 Å². The number of amidine groups is 1. The van der Waals surface area contributed by atoms with E-state index in [2.05, 4.69) is 34.8 Å². The van der Waals surface area contributed by atoms with Crippen LogP contribution in [-0.2, 0) is 11.8 Å². The Bertz CT molecular complexity index is 788. The molecular weight excluding hydrogens is 294 g/mol. The monoisotopic (exact) mass is 311 g/mol. The van der Waals surface area contributed by atoms with Gasteiger partial charge in [-0.05, 0) is 55.4 Å². The lowest BCUT2D eigenvalue weighted by Gasteiger charge is -1.99. The zero-order chi connectivity index (χ0) is 15.7. The summed E-state index contributed by atoms with van der Waals surface area (Å²) in [7, 11) is 2.02. The van der Waals surface area contributed by atoms with Gasteiger partial charge >= 0.3 is 0 Å². The number of nitrogens with one attached hydrogen (secondary N) is 1. The number of rotatable bonds is 2. The van der Waals surface area contributed by atoms with E-state index in [9.17, 15) is 4.79 Å². The van der Waals surface area contributed by atoms with Crippen molar-refractivity contribution in [3.8, 4) is 0 Å². The maximum absolute atomic E-state index is 12.1. The van der Waals surface area contributed by atoms with Crippen molar-refractivity contribution in [1.29, 1.82) is 0 Å². The minimum atomic E-state index is -0.0967. The summed E-state index contributed by atoms with van der Waals surface area (Å²) in [6.45, 7) is 4.11. The molecule has 0 aliphatic carbocycles. The maximum atomic E-state index is 12.1. The topological polar surface area (TPSA) is 46.4 Å². The van der Waals surface area contributed by atoms with Crippen LogP contribution in [0.4, 0.5) is 5.69 Å². The number of nitrogens with zero attached hydrogens (tertiary/aromatic N) is 2. The van der Waals surface area contributed by atoms with Crippen LogP contribution in [0.1, 0.15) is 17.0 Å². The quantitative estimate of drug-likeness (QED) is 0.862. The number of aryl methyl sites for hydroxylation is 1. The Balaban J connectivity index is 1.87. The van der Waals surface area contributed by atoms with E-state index in [1.165, 1.54) is 17.5 Å². The lowest BCUT2D eigenvalue weighted by Crippen LogP contribution is -2.19. The van der Waals surface area contributed by atoms with Gasteiger partial charge in [0.05, 0.1) is 10.6 Å². The molecule has 112 valence electrons. The standard InChI is InChI=1S/C17H17N3OS/c1-11-9-13(12(2)20(11)3)10-15-16(21)19-17(22-15)18-14-7-5-4-6-8-14/h4-10H,1-3H3,(H,18,19,21)/b15-10-. The molecule has 4 nitrogen and oxygen atoms in total. The predicted octanol–water partition coefficient (Wildman–Crippen LogP) is 3.53. The number of para-hydroxylation sites is 1. The summed E-state index contributed by atoms with van der Waals surface area (Å²) in [6.07, 6.45) is 1.93. The van der Waals surface area contributed by atoms with Crippen molar-refractivity contribution < 1.29 is 4.79 Å². The normalized spacial score (nSPS) is 18.2. The summed E-state index contributed by atoms with van der Waals surface area (Å²) >= 11 is 1.37. The third kappa shape index (κ3) is 2.85. The smallest absolute Gasteiger partial charge is 0.264 e. The molecule has 0 spiro atoms. The largest absolute Gasteiger partial charge is 0.352 e. The van der Waals surface area contributed by atoms with Gasteiger partial charge < -0.3 is 9.88 Å². The van der Waals surface area contributed by atoms with E-state index in [4.69, 9.17) is 0 Å². The van der Waals surface area contributed by atoms with Crippen molar-refractivity contribution >= 4 is 34.6 Å². The third-order valence-electron chi connectivity index (χ3n) is 3.74. The van der Waals surface area contributed by atoms with Crippen LogP contribution in [0.25, 0.3) is 6.08 Å². The molecule has 1 aromatic carbocycles. The Kier molecular flexibility index (Phi) is 3.90. The number of aromatic nitrogens is 1. The van der Waals surface area contributed by atoms with Crippen molar-refractivity contribution in [3.05, 3.63) is 58.3 Å². The van der Waals surface area contributed by atoms with Crippen molar-refractivity contribution in [2.45, 2.75) is 13.8 Å². The van der Waals surface area contributed by atoms with Gasteiger partial charge in [-0.25, -0.2) is 4.99 Å². The SMILES string of the molecule is Cc1cc(/C=C2\SC(=Nc3ccccc3)NC2=O)c(C)n1C. The lowest BCUT2D eigenvalue weighted by molar-refractivity contribution is -0.115. The molecule has 0 unspecified atom stereocenters. The first-order valence-corrected chi connectivity index (χ1v) is 7.84. The number of aliphatic imine (C=N–C) groups is 1. The lowest BCUT2D eigenvalue weighted by atomic mass is 10.2. The highest BCUT2D eigenvalue weighted by Gasteiger charge is 2.24. The first-order chi connectivity index (χ1) is 10.5. The van der Waals surface area contributed by atoms with Crippen LogP contribution in [0.3, 0.4) is 0 Å². The highest BCUT2D eigenvalue weighted by atomic mass is 32.2. The first kappa shape index (κ1) is 14.7. The summed E-state index contributed by atoms with van der Waals surface area (Å²) in [6, 6.07) is 11.7. The van der Waals surface area contributed by atoms with E-state index in [1.54, 1.807) is 0 Å². The highest BCUT2D eigenvalue weighted by Crippen LogP contribution is 2.29. The van der Waals surface area contributed by atoms with Crippen molar-refractivity contribution in [1.82, 2.24) is 9.88 Å². The van der Waals surface area contributed by atoms with E-state index in [-0.39, 0.29) is 5.91 Å². The molecule has 1 amide bonds. The van der Waals surface area contributed by atoms with Crippen molar-refractivity contribution in [2.75, 3.05) is 0 Å². The van der Waals surface area contributed by atoms with Crippen molar-refractivity contribution in [2.24, 2.45) is 12.0 Å². The number of carbonyl (C=O) groups is 1. The Hall–Kier alpha value is -2.27. The number of benzene rings is 1. The first-order valence-electron chi connectivity index (χ1n) is 7.02. The van der Waals surface area contributed by atoms with Crippen LogP contribution < -0.4 is 5.32 Å². The summed E-state index contributed by atoms with van der Waals surface area (Å²) < 4.78 is 2.11. The molecule has 2 aromatic rings. The second-order valence-corrected chi connectivity index (χ2v) is 6.23. The van der Waals surface area contributed by atoms with Crippen molar-refractivity contribution in [3.63, 3.8) is 0 Å². The van der Waals surface area contributed by atoms with Gasteiger partial charge in [-0.15, -0.1) is 0 Å². The number of amides is 1. The molecule has 2 heterocycles. The van der Waals surface area contributed by atoms with Gasteiger partial charge in [0.1, 0.15) is 0 Å². The van der Waals surface area contributed by atoms with E-state index in [0.717, 1.165) is 16.9 Å². The van der Waals surface area contributed by atoms with E-state index in [1.807, 2.05) is 43.5 Å². The number of hydrogen-bond acceptors (Lipinski definition) is 3. The molecule has 22 heavy (non-hydrogen) atoms. The molecule has 5 heteroatoms. The minimum Gasteiger partial charge on any atom is -0.352 e. The molecule has 1 fully saturated rings. The zero-order valence-corrected chi connectivity index (χ0v) is 13.6. The second kappa shape index (κ2) is 5.85. The molecule has 1 aliphatic heterocycles. The predicted molar refractivity (Wildman–Crippen MR) is 92.1 cm³/mol. The fourth-order valence-electron chi connectivity index (χ4n) is 2.27. The summed E-state index contributed by atoms with van der Waals surface area (Å²) in [5.74, 6) is -0.0967. The minimum absolute atomic E-state index is 0.0967. The van der Waals surface area contributed by atoms with E-state index >= 15 is 0 Å². The van der Waals surface area contributed by atoms with Crippen LogP contribution in [0.15, 0.2) is 46.3 Å². The Morgan fingerprint density at radius 3 is 2.59 bits per heavy atom. The van der Waals surface area contributed by atoms with Gasteiger partial charge in [0, 0.05) is 18.4 Å². The maximum Gasteiger partial charge on any atom is 0.264 e. The molecule has 0 radical (unpaired) electrons. The molecule has 0 bridgehead atoms. The molecule has 1 aromatic heterocycles. The van der Waals surface area contributed by atoms with Crippen LogP contribution in [-0.4, -0.2) is 15.6 Å². The van der Waals surface area contributed by atoms with Crippen LogP contribution in [0.5, 0.6) is 0 Å². The Morgan fingerprint density at radius 1 is 1.23 bits per heavy atom. The summed E-state index contributed by atoms with van der Waals surface area (Å²) in [5.41, 5.74) is 4.22. The van der Waals surface area contributed by atoms with Gasteiger partial charge in [-0.2, -0.15) is 0 Å². The molecule has 1 N–H and O–H groups in total. The second-order valence-electron chi connectivity index (χ2n) is 5.20. The highest BCUT2D eigenvalue weighted by molar-refractivity contribution is 8.18. The Morgan fingerprint density at radius 2 is 1.95 bits per heavy atom. The molecule has 0 saturated carbocycles. The average molecular weight is 311 g/mol. The van der Waals surface area contributed by atoms with Gasteiger partial charge in [-0.3, -0.25) is 4.79 Å². The molecular formula is C17H17N3OS.